The molecule has 112 valence electrons. The molecule has 0 radical (unpaired) electrons. The summed E-state index contributed by atoms with van der Waals surface area (Å²) in [6.45, 7) is 4.84. The van der Waals surface area contributed by atoms with Crippen molar-refractivity contribution in [2.75, 3.05) is 52.3 Å². The molecule has 1 saturated heterocycles. The predicted octanol–water partition coefficient (Wildman–Crippen LogP) is 1.56. The standard InChI is InChI=1S/C16H27N3O/c1-18(2)15-8-10-19(13-15)16-7-5-4-6-14(16)12-17-9-11-20-3/h4-7,15,17H,8-13H2,1-3H3. The fraction of sp³-hybridized carbons (Fsp3) is 0.625. The largest absolute Gasteiger partial charge is 0.383 e. The van der Waals surface area contributed by atoms with Crippen molar-refractivity contribution in [1.82, 2.24) is 10.2 Å². The Kier molecular flexibility index (Phi) is 5.83. The molecular formula is C16H27N3O. The van der Waals surface area contributed by atoms with Crippen LogP contribution in [0.1, 0.15) is 12.0 Å². The van der Waals surface area contributed by atoms with Crippen LogP contribution in [0.3, 0.4) is 0 Å². The van der Waals surface area contributed by atoms with Gasteiger partial charge in [-0.1, -0.05) is 18.2 Å². The first-order valence-electron chi connectivity index (χ1n) is 7.41. The molecule has 2 rings (SSSR count). The summed E-state index contributed by atoms with van der Waals surface area (Å²) in [6.07, 6.45) is 1.25. The van der Waals surface area contributed by atoms with Crippen molar-refractivity contribution >= 4 is 5.69 Å². The van der Waals surface area contributed by atoms with Crippen LogP contribution in [-0.2, 0) is 11.3 Å². The molecule has 1 aromatic carbocycles. The van der Waals surface area contributed by atoms with E-state index in [0.717, 1.165) is 32.8 Å². The van der Waals surface area contributed by atoms with Gasteiger partial charge in [-0.15, -0.1) is 0 Å². The topological polar surface area (TPSA) is 27.7 Å². The lowest BCUT2D eigenvalue weighted by atomic mass is 10.1. The van der Waals surface area contributed by atoms with Crippen LogP contribution in [0.25, 0.3) is 0 Å². The Balaban J connectivity index is 1.97. The number of nitrogens with one attached hydrogen (secondary N) is 1. The molecule has 0 aliphatic carbocycles. The lowest BCUT2D eigenvalue weighted by Crippen LogP contribution is -2.32. The Morgan fingerprint density at radius 2 is 2.15 bits per heavy atom. The summed E-state index contributed by atoms with van der Waals surface area (Å²) in [5.41, 5.74) is 2.75. The average molecular weight is 277 g/mol. The second-order valence-electron chi connectivity index (χ2n) is 5.65. The highest BCUT2D eigenvalue weighted by Crippen LogP contribution is 2.25. The van der Waals surface area contributed by atoms with E-state index in [1.165, 1.54) is 17.7 Å². The number of nitrogens with zero attached hydrogens (tertiary/aromatic N) is 2. The van der Waals surface area contributed by atoms with Gasteiger partial charge >= 0.3 is 0 Å². The molecule has 0 bridgehead atoms. The molecule has 1 N–H and O–H groups in total. The zero-order chi connectivity index (χ0) is 14.4. The average Bonchev–Trinajstić information content (AvgIpc) is 2.94. The number of hydrogen-bond donors (Lipinski definition) is 1. The van der Waals surface area contributed by atoms with E-state index in [1.807, 2.05) is 0 Å². The van der Waals surface area contributed by atoms with Gasteiger partial charge in [0.2, 0.25) is 0 Å². The number of ether oxygens (including phenoxy) is 1. The Hall–Kier alpha value is -1.10. The van der Waals surface area contributed by atoms with Crippen LogP contribution in [0.15, 0.2) is 24.3 Å². The van der Waals surface area contributed by atoms with E-state index in [4.69, 9.17) is 4.74 Å². The second-order valence-corrected chi connectivity index (χ2v) is 5.65. The van der Waals surface area contributed by atoms with Crippen LogP contribution in [0.5, 0.6) is 0 Å². The summed E-state index contributed by atoms with van der Waals surface area (Å²) < 4.78 is 5.07. The van der Waals surface area contributed by atoms with E-state index < -0.39 is 0 Å². The van der Waals surface area contributed by atoms with Crippen LogP contribution < -0.4 is 10.2 Å². The van der Waals surface area contributed by atoms with E-state index in [-0.39, 0.29) is 0 Å². The van der Waals surface area contributed by atoms with E-state index in [9.17, 15) is 0 Å². The number of para-hydroxylation sites is 1. The molecular weight excluding hydrogens is 250 g/mol. The van der Waals surface area contributed by atoms with E-state index in [0.29, 0.717) is 6.04 Å². The van der Waals surface area contributed by atoms with Gasteiger partial charge in [-0.05, 0) is 32.1 Å². The lowest BCUT2D eigenvalue weighted by Gasteiger charge is -2.24. The Morgan fingerprint density at radius 3 is 2.85 bits per heavy atom. The smallest absolute Gasteiger partial charge is 0.0587 e. The van der Waals surface area contributed by atoms with Crippen LogP contribution in [0.2, 0.25) is 0 Å². The Bertz CT molecular complexity index is 408. The van der Waals surface area contributed by atoms with Gasteiger partial charge in [0.15, 0.2) is 0 Å². The van der Waals surface area contributed by atoms with Crippen LogP contribution >= 0.6 is 0 Å². The molecule has 1 fully saturated rings. The van der Waals surface area contributed by atoms with Gasteiger partial charge in [-0.3, -0.25) is 0 Å². The van der Waals surface area contributed by atoms with Crippen molar-refractivity contribution < 1.29 is 4.74 Å². The fourth-order valence-corrected chi connectivity index (χ4v) is 2.75. The van der Waals surface area contributed by atoms with Gasteiger partial charge in [0.1, 0.15) is 0 Å². The summed E-state index contributed by atoms with van der Waals surface area (Å²) in [4.78, 5) is 4.84. The fourth-order valence-electron chi connectivity index (χ4n) is 2.75. The first-order chi connectivity index (χ1) is 9.72. The zero-order valence-corrected chi connectivity index (χ0v) is 12.9. The minimum atomic E-state index is 0.671. The third kappa shape index (κ3) is 3.95. The van der Waals surface area contributed by atoms with Gasteiger partial charge in [-0.2, -0.15) is 0 Å². The lowest BCUT2D eigenvalue weighted by molar-refractivity contribution is 0.199. The molecule has 0 amide bonds. The third-order valence-electron chi connectivity index (χ3n) is 4.02. The number of methoxy groups -OCH3 is 1. The normalized spacial score (nSPS) is 19.0. The first-order valence-corrected chi connectivity index (χ1v) is 7.41. The molecule has 0 spiro atoms. The van der Waals surface area contributed by atoms with Gasteiger partial charge in [0.05, 0.1) is 6.61 Å². The molecule has 0 saturated carbocycles. The molecule has 1 heterocycles. The SMILES string of the molecule is COCCNCc1ccccc1N1CCC(N(C)C)C1. The quantitative estimate of drug-likeness (QED) is 0.766. The molecule has 4 nitrogen and oxygen atoms in total. The van der Waals surface area contributed by atoms with Gasteiger partial charge < -0.3 is 19.9 Å². The van der Waals surface area contributed by atoms with Crippen molar-refractivity contribution in [2.45, 2.75) is 19.0 Å². The molecule has 1 aliphatic rings. The molecule has 1 unspecified atom stereocenters. The Labute approximate surface area is 122 Å². The highest BCUT2D eigenvalue weighted by atomic mass is 16.5. The maximum Gasteiger partial charge on any atom is 0.0587 e. The summed E-state index contributed by atoms with van der Waals surface area (Å²) in [5, 5.41) is 3.44. The summed E-state index contributed by atoms with van der Waals surface area (Å²) in [5.74, 6) is 0. The van der Waals surface area contributed by atoms with Gasteiger partial charge in [-0.25, -0.2) is 0 Å². The minimum Gasteiger partial charge on any atom is -0.383 e. The van der Waals surface area contributed by atoms with Crippen molar-refractivity contribution in [3.05, 3.63) is 29.8 Å². The number of benzene rings is 1. The monoisotopic (exact) mass is 277 g/mol. The molecule has 1 aliphatic heterocycles. The zero-order valence-electron chi connectivity index (χ0n) is 12.9. The maximum atomic E-state index is 5.07. The number of rotatable bonds is 7. The van der Waals surface area contributed by atoms with E-state index >= 15 is 0 Å². The first kappa shape index (κ1) is 15.3. The number of anilines is 1. The van der Waals surface area contributed by atoms with E-state index in [2.05, 4.69) is 53.5 Å². The Morgan fingerprint density at radius 1 is 1.35 bits per heavy atom. The highest BCUT2D eigenvalue weighted by Gasteiger charge is 2.25. The second kappa shape index (κ2) is 7.62. The predicted molar refractivity (Wildman–Crippen MR) is 84.3 cm³/mol. The van der Waals surface area contributed by atoms with Crippen molar-refractivity contribution in [2.24, 2.45) is 0 Å². The molecule has 20 heavy (non-hydrogen) atoms. The van der Waals surface area contributed by atoms with Crippen LogP contribution in [0, 0.1) is 0 Å². The van der Waals surface area contributed by atoms with E-state index in [1.54, 1.807) is 7.11 Å². The summed E-state index contributed by atoms with van der Waals surface area (Å²) >= 11 is 0. The number of hydrogen-bond acceptors (Lipinski definition) is 4. The molecule has 1 atom stereocenters. The third-order valence-corrected chi connectivity index (χ3v) is 4.02. The molecule has 0 aromatic heterocycles. The summed E-state index contributed by atoms with van der Waals surface area (Å²) in [7, 11) is 6.08. The van der Waals surface area contributed by atoms with Gasteiger partial charge in [0, 0.05) is 45.0 Å². The van der Waals surface area contributed by atoms with Gasteiger partial charge in [0.25, 0.3) is 0 Å². The van der Waals surface area contributed by atoms with Crippen LogP contribution in [0.4, 0.5) is 5.69 Å². The molecule has 4 heteroatoms. The number of likely N-dealkylation sites (N-methyl/N-ethyl adjacent to an activating group) is 1. The van der Waals surface area contributed by atoms with Crippen molar-refractivity contribution in [1.29, 1.82) is 0 Å². The summed E-state index contributed by atoms with van der Waals surface area (Å²) in [6, 6.07) is 9.39. The van der Waals surface area contributed by atoms with Crippen molar-refractivity contribution in [3.8, 4) is 0 Å². The van der Waals surface area contributed by atoms with Crippen LogP contribution in [-0.4, -0.2) is 58.4 Å². The maximum absolute atomic E-state index is 5.07. The highest BCUT2D eigenvalue weighted by molar-refractivity contribution is 5.54. The van der Waals surface area contributed by atoms with Crippen molar-refractivity contribution in [3.63, 3.8) is 0 Å². The molecule has 1 aromatic rings. The minimum absolute atomic E-state index is 0.671.